The molecular formula is C32H30N6O4. The highest BCUT2D eigenvalue weighted by Crippen LogP contribution is 2.34. The summed E-state index contributed by atoms with van der Waals surface area (Å²) >= 11 is 0. The molecule has 3 heterocycles. The number of fused-ring (bicyclic) bond motifs is 1. The third kappa shape index (κ3) is 5.38. The van der Waals surface area contributed by atoms with E-state index in [0.717, 1.165) is 54.9 Å². The van der Waals surface area contributed by atoms with Crippen molar-refractivity contribution in [3.05, 3.63) is 106 Å². The summed E-state index contributed by atoms with van der Waals surface area (Å²) in [5.41, 5.74) is 4.84. The van der Waals surface area contributed by atoms with Crippen LogP contribution in [0.3, 0.4) is 0 Å². The molecule has 1 amide bonds. The largest absolute Gasteiger partial charge is 0.494 e. The number of nitro benzene ring substituents is 1. The number of carbonyl (C=O) groups excluding carboxylic acids is 1. The molecule has 1 fully saturated rings. The van der Waals surface area contributed by atoms with E-state index in [1.54, 1.807) is 12.3 Å². The molecule has 6 rings (SSSR count). The minimum absolute atomic E-state index is 0.0756. The number of amides is 1. The number of carbonyl (C=O) groups is 1. The number of non-ortho nitro benzene ring substituents is 1. The molecule has 1 aliphatic rings. The van der Waals surface area contributed by atoms with Crippen molar-refractivity contribution >= 4 is 33.9 Å². The first-order valence-corrected chi connectivity index (χ1v) is 13.9. The number of aliphatic imine (C=N–C) groups is 1. The van der Waals surface area contributed by atoms with Gasteiger partial charge in [0.2, 0.25) is 5.91 Å². The van der Waals surface area contributed by atoms with Crippen molar-refractivity contribution in [1.29, 1.82) is 0 Å². The van der Waals surface area contributed by atoms with Crippen LogP contribution in [-0.2, 0) is 18.3 Å². The third-order valence-corrected chi connectivity index (χ3v) is 7.69. The molecular weight excluding hydrogens is 532 g/mol. The fourth-order valence-corrected chi connectivity index (χ4v) is 5.49. The monoisotopic (exact) mass is 562 g/mol. The van der Waals surface area contributed by atoms with E-state index in [-0.39, 0.29) is 17.5 Å². The zero-order valence-electron chi connectivity index (χ0n) is 23.2. The Bertz CT molecular complexity index is 1800. The maximum Gasteiger partial charge on any atom is 0.270 e. The number of H-pyrrole nitrogens is 1. The van der Waals surface area contributed by atoms with Gasteiger partial charge >= 0.3 is 0 Å². The van der Waals surface area contributed by atoms with Gasteiger partial charge in [0.1, 0.15) is 5.82 Å². The number of rotatable bonds is 9. The second kappa shape index (κ2) is 11.3. The fraction of sp³-hybridized carbons (Fsp3) is 0.219. The lowest BCUT2D eigenvalue weighted by Gasteiger charge is -2.15. The van der Waals surface area contributed by atoms with E-state index < -0.39 is 4.92 Å². The SMILES string of the molecule is Cn1ccnc1-c1ccc(N=C(c2ccc(CCCN3CCCC3=O)cc2)c2c(O)[nH]c3ccc([N+](=O)[O-])cc23)cc1. The van der Waals surface area contributed by atoms with Gasteiger partial charge in [0, 0.05) is 73.1 Å². The Morgan fingerprint density at radius 1 is 1.12 bits per heavy atom. The third-order valence-electron chi connectivity index (χ3n) is 7.69. The standard InChI is InChI=1S/C32H30N6O4/c1-36-19-16-33-31(36)23-10-12-24(13-11-23)34-30(29-26-20-25(38(41)42)14-15-27(26)35-32(29)40)22-8-6-21(7-9-22)4-2-17-37-18-3-5-28(37)39/h6-16,19-20,35,40H,2-5,17-18H2,1H3. The summed E-state index contributed by atoms with van der Waals surface area (Å²) < 4.78 is 1.94. The van der Waals surface area contributed by atoms with Crippen molar-refractivity contribution in [2.75, 3.05) is 13.1 Å². The van der Waals surface area contributed by atoms with Gasteiger partial charge in [-0.15, -0.1) is 0 Å². The highest BCUT2D eigenvalue weighted by atomic mass is 16.6. The number of nitro groups is 1. The number of aromatic hydroxyl groups is 1. The smallest absolute Gasteiger partial charge is 0.270 e. The first-order valence-electron chi connectivity index (χ1n) is 13.9. The molecule has 212 valence electrons. The van der Waals surface area contributed by atoms with Crippen molar-refractivity contribution < 1.29 is 14.8 Å². The average Bonchev–Trinajstić information content (AvgIpc) is 3.70. The highest BCUT2D eigenvalue weighted by Gasteiger charge is 2.22. The molecule has 0 radical (unpaired) electrons. The Morgan fingerprint density at radius 2 is 1.90 bits per heavy atom. The fourth-order valence-electron chi connectivity index (χ4n) is 5.49. The number of likely N-dealkylation sites (tertiary alicyclic amines) is 1. The molecule has 0 saturated carbocycles. The summed E-state index contributed by atoms with van der Waals surface area (Å²) in [6.07, 6.45) is 6.91. The molecule has 10 heteroatoms. The molecule has 10 nitrogen and oxygen atoms in total. The summed E-state index contributed by atoms with van der Waals surface area (Å²) in [5, 5.41) is 23.1. The minimum Gasteiger partial charge on any atom is -0.494 e. The van der Waals surface area contributed by atoms with Crippen LogP contribution in [0.2, 0.25) is 0 Å². The number of aromatic nitrogens is 3. The van der Waals surface area contributed by atoms with E-state index in [2.05, 4.69) is 9.97 Å². The molecule has 5 aromatic rings. The van der Waals surface area contributed by atoms with Crippen molar-refractivity contribution in [3.63, 3.8) is 0 Å². The van der Waals surface area contributed by atoms with E-state index in [4.69, 9.17) is 4.99 Å². The molecule has 1 saturated heterocycles. The van der Waals surface area contributed by atoms with Crippen molar-refractivity contribution in [2.45, 2.75) is 25.7 Å². The molecule has 42 heavy (non-hydrogen) atoms. The van der Waals surface area contributed by atoms with Crippen molar-refractivity contribution in [1.82, 2.24) is 19.4 Å². The van der Waals surface area contributed by atoms with Gasteiger partial charge < -0.3 is 19.6 Å². The molecule has 0 aliphatic carbocycles. The maximum absolute atomic E-state index is 11.9. The highest BCUT2D eigenvalue weighted by molar-refractivity contribution is 6.22. The maximum atomic E-state index is 11.9. The van der Waals surface area contributed by atoms with E-state index in [1.165, 1.54) is 12.1 Å². The van der Waals surface area contributed by atoms with Crippen molar-refractivity contribution in [3.8, 4) is 17.3 Å². The van der Waals surface area contributed by atoms with Crippen LogP contribution in [0, 0.1) is 10.1 Å². The number of nitrogens with zero attached hydrogens (tertiary/aromatic N) is 5. The predicted octanol–water partition coefficient (Wildman–Crippen LogP) is 5.91. The zero-order valence-corrected chi connectivity index (χ0v) is 23.2. The van der Waals surface area contributed by atoms with Gasteiger partial charge in [-0.1, -0.05) is 24.3 Å². The summed E-state index contributed by atoms with van der Waals surface area (Å²) in [6, 6.07) is 20.0. The van der Waals surface area contributed by atoms with Crippen LogP contribution in [0.4, 0.5) is 11.4 Å². The first-order chi connectivity index (χ1) is 20.4. The van der Waals surface area contributed by atoms with E-state index in [9.17, 15) is 20.0 Å². The number of aromatic amines is 1. The van der Waals surface area contributed by atoms with Crippen LogP contribution in [0.5, 0.6) is 5.88 Å². The zero-order chi connectivity index (χ0) is 29.2. The summed E-state index contributed by atoms with van der Waals surface area (Å²) in [5.74, 6) is 0.947. The normalized spacial score (nSPS) is 13.8. The second-order valence-electron chi connectivity index (χ2n) is 10.5. The number of benzene rings is 3. The van der Waals surface area contributed by atoms with Gasteiger partial charge in [-0.05, 0) is 55.2 Å². The van der Waals surface area contributed by atoms with Gasteiger partial charge in [0.25, 0.3) is 5.69 Å². The molecule has 1 aliphatic heterocycles. The molecule has 2 N–H and O–H groups in total. The Morgan fingerprint density at radius 3 is 2.57 bits per heavy atom. The number of imidazole rings is 1. The van der Waals surface area contributed by atoms with Gasteiger partial charge in [-0.2, -0.15) is 0 Å². The van der Waals surface area contributed by atoms with Crippen LogP contribution >= 0.6 is 0 Å². The van der Waals surface area contributed by atoms with Crippen LogP contribution in [0.1, 0.15) is 36.0 Å². The number of aryl methyl sites for hydroxylation is 2. The van der Waals surface area contributed by atoms with Crippen LogP contribution < -0.4 is 0 Å². The Labute approximate surface area is 242 Å². The van der Waals surface area contributed by atoms with E-state index in [0.29, 0.717) is 34.3 Å². The van der Waals surface area contributed by atoms with Gasteiger partial charge in [-0.3, -0.25) is 14.9 Å². The first kappa shape index (κ1) is 26.9. The summed E-state index contributed by atoms with van der Waals surface area (Å²) in [6.45, 7) is 1.59. The lowest BCUT2D eigenvalue weighted by molar-refractivity contribution is -0.384. The van der Waals surface area contributed by atoms with Gasteiger partial charge in [-0.25, -0.2) is 9.98 Å². The molecule has 3 aromatic carbocycles. The van der Waals surface area contributed by atoms with Crippen LogP contribution in [-0.4, -0.2) is 54.2 Å². The minimum atomic E-state index is -0.453. The second-order valence-corrected chi connectivity index (χ2v) is 10.5. The Balaban J connectivity index is 1.36. The van der Waals surface area contributed by atoms with Crippen LogP contribution in [0.25, 0.3) is 22.3 Å². The van der Waals surface area contributed by atoms with E-state index in [1.807, 2.05) is 71.2 Å². The number of nitrogens with one attached hydrogen (secondary N) is 1. The Kier molecular flexibility index (Phi) is 7.26. The van der Waals surface area contributed by atoms with Gasteiger partial charge in [0.05, 0.1) is 21.9 Å². The molecule has 0 atom stereocenters. The molecule has 0 unspecified atom stereocenters. The molecule has 0 spiro atoms. The lowest BCUT2D eigenvalue weighted by atomic mass is 9.98. The number of hydrogen-bond acceptors (Lipinski definition) is 6. The van der Waals surface area contributed by atoms with Crippen LogP contribution in [0.15, 0.2) is 84.1 Å². The molecule has 2 aromatic heterocycles. The van der Waals surface area contributed by atoms with Gasteiger partial charge in [0.15, 0.2) is 5.88 Å². The quantitative estimate of drug-likeness (QED) is 0.131. The predicted molar refractivity (Wildman–Crippen MR) is 161 cm³/mol. The lowest BCUT2D eigenvalue weighted by Crippen LogP contribution is -2.25. The van der Waals surface area contributed by atoms with Crippen molar-refractivity contribution in [2.24, 2.45) is 12.0 Å². The topological polar surface area (TPSA) is 130 Å². The summed E-state index contributed by atoms with van der Waals surface area (Å²) in [4.78, 5) is 37.2. The summed E-state index contributed by atoms with van der Waals surface area (Å²) in [7, 11) is 1.93. The molecule has 0 bridgehead atoms. The number of hydrogen-bond donors (Lipinski definition) is 2. The Hall–Kier alpha value is -5.25. The average molecular weight is 563 g/mol. The van der Waals surface area contributed by atoms with E-state index >= 15 is 0 Å².